The summed E-state index contributed by atoms with van der Waals surface area (Å²) in [6.45, 7) is -2.79. The summed E-state index contributed by atoms with van der Waals surface area (Å²) in [6, 6.07) is 4.91. The van der Waals surface area contributed by atoms with Crippen molar-refractivity contribution >= 4 is 17.6 Å². The molecule has 0 aliphatic carbocycles. The summed E-state index contributed by atoms with van der Waals surface area (Å²) in [5.41, 5.74) is 0.279. The second-order valence-corrected chi connectivity index (χ2v) is 3.72. The Morgan fingerprint density at radius 2 is 2.33 bits per heavy atom. The average Bonchev–Trinajstić information content (AvgIpc) is 2.86. The quantitative estimate of drug-likeness (QED) is 0.757. The molecule has 0 N–H and O–H groups in total. The molecule has 0 unspecified atom stereocenters. The van der Waals surface area contributed by atoms with E-state index in [0.29, 0.717) is 16.7 Å². The fourth-order valence-electron chi connectivity index (χ4n) is 1.20. The summed E-state index contributed by atoms with van der Waals surface area (Å²) in [5.74, 6) is 0. The van der Waals surface area contributed by atoms with Crippen LogP contribution in [0, 0.1) is 0 Å². The smallest absolute Gasteiger partial charge is 0.296 e. The highest BCUT2D eigenvalue weighted by atomic mass is 32.1. The van der Waals surface area contributed by atoms with E-state index >= 15 is 0 Å². The maximum atomic E-state index is 12.4. The molecule has 3 nitrogen and oxygen atoms in total. The molecule has 0 aromatic carbocycles. The molecule has 0 atom stereocenters. The minimum atomic E-state index is -2.79. The first-order valence-corrected chi connectivity index (χ1v) is 4.97. The monoisotopic (exact) mass is 228 g/mol. The molecule has 0 bridgehead atoms. The lowest BCUT2D eigenvalue weighted by Gasteiger charge is -1.98. The van der Waals surface area contributed by atoms with Crippen LogP contribution in [-0.4, -0.2) is 16.1 Å². The second kappa shape index (κ2) is 3.90. The van der Waals surface area contributed by atoms with E-state index in [-0.39, 0.29) is 5.69 Å². The van der Waals surface area contributed by atoms with E-state index in [1.807, 2.05) is 5.38 Å². The average molecular weight is 228 g/mol. The molecule has 2 aromatic rings. The fraction of sp³-hybridized carbons (Fsp3) is 0.111. The Morgan fingerprint density at radius 1 is 1.53 bits per heavy atom. The summed E-state index contributed by atoms with van der Waals surface area (Å²) in [5, 5.41) is 5.49. The van der Waals surface area contributed by atoms with Crippen molar-refractivity contribution in [3.8, 4) is 10.6 Å². The maximum absolute atomic E-state index is 12.4. The van der Waals surface area contributed by atoms with Crippen LogP contribution in [0.5, 0.6) is 0 Å². The lowest BCUT2D eigenvalue weighted by atomic mass is 10.3. The molecule has 2 rings (SSSR count). The van der Waals surface area contributed by atoms with Gasteiger partial charge >= 0.3 is 6.55 Å². The number of rotatable bonds is 3. The zero-order chi connectivity index (χ0) is 10.8. The van der Waals surface area contributed by atoms with Gasteiger partial charge in [0.1, 0.15) is 11.4 Å². The number of halogens is 2. The number of carbonyl (C=O) groups is 1. The predicted molar refractivity (Wildman–Crippen MR) is 52.2 cm³/mol. The molecule has 0 fully saturated rings. The van der Waals surface area contributed by atoms with Gasteiger partial charge < -0.3 is 0 Å². The van der Waals surface area contributed by atoms with Crippen LogP contribution in [-0.2, 0) is 0 Å². The third-order valence-corrected chi connectivity index (χ3v) is 2.74. The largest absolute Gasteiger partial charge is 0.333 e. The van der Waals surface area contributed by atoms with E-state index in [4.69, 9.17) is 0 Å². The van der Waals surface area contributed by atoms with Crippen LogP contribution in [0.1, 0.15) is 17.0 Å². The molecule has 15 heavy (non-hydrogen) atoms. The summed E-state index contributed by atoms with van der Waals surface area (Å²) in [4.78, 5) is 11.3. The van der Waals surface area contributed by atoms with Crippen molar-refractivity contribution in [2.24, 2.45) is 0 Å². The summed E-state index contributed by atoms with van der Waals surface area (Å²) < 4.78 is 25.2. The molecule has 6 heteroatoms. The van der Waals surface area contributed by atoms with Gasteiger partial charge in [0.25, 0.3) is 0 Å². The standard InChI is InChI=1S/C9H6F2N2OS/c10-9(11)13-6(5-14)4-7(12-13)8-2-1-3-15-8/h1-5,9H. The highest BCUT2D eigenvalue weighted by molar-refractivity contribution is 7.13. The number of aromatic nitrogens is 2. The van der Waals surface area contributed by atoms with Crippen molar-refractivity contribution in [1.82, 2.24) is 9.78 Å². The number of hydrogen-bond acceptors (Lipinski definition) is 3. The number of hydrogen-bond donors (Lipinski definition) is 0. The summed E-state index contributed by atoms with van der Waals surface area (Å²) >= 11 is 1.38. The minimum Gasteiger partial charge on any atom is -0.296 e. The van der Waals surface area contributed by atoms with Gasteiger partial charge in [0.2, 0.25) is 0 Å². The second-order valence-electron chi connectivity index (χ2n) is 2.77. The highest BCUT2D eigenvalue weighted by Crippen LogP contribution is 2.25. The van der Waals surface area contributed by atoms with Gasteiger partial charge in [-0.3, -0.25) is 4.79 Å². The lowest BCUT2D eigenvalue weighted by molar-refractivity contribution is 0.0535. The Balaban J connectivity index is 2.48. The van der Waals surface area contributed by atoms with Crippen molar-refractivity contribution in [2.45, 2.75) is 6.55 Å². The number of aldehydes is 1. The van der Waals surface area contributed by atoms with Gasteiger partial charge in [-0.15, -0.1) is 11.3 Å². The zero-order valence-corrected chi connectivity index (χ0v) is 8.25. The molecule has 0 aliphatic heterocycles. The van der Waals surface area contributed by atoms with Gasteiger partial charge in [-0.2, -0.15) is 13.9 Å². The fourth-order valence-corrected chi connectivity index (χ4v) is 1.88. The molecular weight excluding hydrogens is 222 g/mol. The number of alkyl halides is 2. The Labute approximate surface area is 88.0 Å². The van der Waals surface area contributed by atoms with Gasteiger partial charge in [0.05, 0.1) is 4.88 Å². The van der Waals surface area contributed by atoms with Crippen molar-refractivity contribution in [1.29, 1.82) is 0 Å². The van der Waals surface area contributed by atoms with Crippen LogP contribution in [0.3, 0.4) is 0 Å². The van der Waals surface area contributed by atoms with Crippen LogP contribution in [0.15, 0.2) is 23.6 Å². The van der Waals surface area contributed by atoms with E-state index in [2.05, 4.69) is 5.10 Å². The topological polar surface area (TPSA) is 34.9 Å². The molecule has 0 aliphatic rings. The molecule has 0 radical (unpaired) electrons. The van der Waals surface area contributed by atoms with E-state index in [0.717, 1.165) is 4.88 Å². The Morgan fingerprint density at radius 3 is 2.80 bits per heavy atom. The van der Waals surface area contributed by atoms with Gasteiger partial charge in [0.15, 0.2) is 6.29 Å². The van der Waals surface area contributed by atoms with Gasteiger partial charge in [-0.1, -0.05) is 6.07 Å². The summed E-state index contributed by atoms with van der Waals surface area (Å²) in [7, 11) is 0. The van der Waals surface area contributed by atoms with Crippen LogP contribution in [0.2, 0.25) is 0 Å². The van der Waals surface area contributed by atoms with Crippen LogP contribution >= 0.6 is 11.3 Å². The molecule has 2 heterocycles. The van der Waals surface area contributed by atoms with Crippen LogP contribution in [0.4, 0.5) is 8.78 Å². The number of carbonyl (C=O) groups excluding carboxylic acids is 1. The van der Waals surface area contributed by atoms with E-state index < -0.39 is 6.55 Å². The van der Waals surface area contributed by atoms with Gasteiger partial charge in [0, 0.05) is 0 Å². The minimum absolute atomic E-state index is 0.117. The van der Waals surface area contributed by atoms with E-state index in [1.165, 1.54) is 17.4 Å². The molecule has 0 saturated carbocycles. The predicted octanol–water partition coefficient (Wildman–Crippen LogP) is 2.82. The first-order valence-electron chi connectivity index (χ1n) is 4.09. The van der Waals surface area contributed by atoms with E-state index in [9.17, 15) is 13.6 Å². The normalized spacial score (nSPS) is 10.9. The highest BCUT2D eigenvalue weighted by Gasteiger charge is 2.15. The summed E-state index contributed by atoms with van der Waals surface area (Å²) in [6.07, 6.45) is 0.371. The first kappa shape index (κ1) is 9.97. The van der Waals surface area contributed by atoms with E-state index in [1.54, 1.807) is 12.1 Å². The van der Waals surface area contributed by atoms with Crippen molar-refractivity contribution in [2.75, 3.05) is 0 Å². The molecule has 0 spiro atoms. The Bertz CT molecular complexity index is 464. The SMILES string of the molecule is O=Cc1cc(-c2cccs2)nn1C(F)F. The maximum Gasteiger partial charge on any atom is 0.333 e. The van der Waals surface area contributed by atoms with Crippen LogP contribution < -0.4 is 0 Å². The molecule has 0 amide bonds. The molecule has 78 valence electrons. The third kappa shape index (κ3) is 1.80. The zero-order valence-electron chi connectivity index (χ0n) is 7.43. The van der Waals surface area contributed by atoms with Crippen molar-refractivity contribution in [3.63, 3.8) is 0 Å². The first-order chi connectivity index (χ1) is 7.22. The van der Waals surface area contributed by atoms with Crippen LogP contribution in [0.25, 0.3) is 10.6 Å². The lowest BCUT2D eigenvalue weighted by Crippen LogP contribution is -2.04. The van der Waals surface area contributed by atoms with Crippen molar-refractivity contribution in [3.05, 3.63) is 29.3 Å². The van der Waals surface area contributed by atoms with Gasteiger partial charge in [-0.05, 0) is 17.5 Å². The van der Waals surface area contributed by atoms with Crippen molar-refractivity contribution < 1.29 is 13.6 Å². The molecular formula is C9H6F2N2OS. The third-order valence-electron chi connectivity index (χ3n) is 1.84. The number of thiophene rings is 1. The Kier molecular flexibility index (Phi) is 2.59. The number of nitrogens with zero attached hydrogens (tertiary/aromatic N) is 2. The molecule has 0 saturated heterocycles. The molecule has 2 aromatic heterocycles. The van der Waals surface area contributed by atoms with Gasteiger partial charge in [-0.25, -0.2) is 4.68 Å². The Hall–Kier alpha value is -1.56.